The van der Waals surface area contributed by atoms with Crippen LogP contribution in [0.4, 0.5) is 10.5 Å². The Morgan fingerprint density at radius 3 is 2.55 bits per heavy atom. The van der Waals surface area contributed by atoms with Gasteiger partial charge in [-0.1, -0.05) is 6.92 Å². The molecule has 20 heavy (non-hydrogen) atoms. The van der Waals surface area contributed by atoms with Gasteiger partial charge in [0.25, 0.3) is 5.91 Å². The van der Waals surface area contributed by atoms with E-state index >= 15 is 0 Å². The standard InChI is InChI=1S/C14H20N4O2/c1-9(14(2)6-7-14)18(3)13(20)17-10-4-5-11(12(15)19)16-8-10/h4-5,8-9H,6-7H2,1-3H3,(H2,15,19)(H,17,20). The molecular formula is C14H20N4O2. The third-order valence-electron chi connectivity index (χ3n) is 4.22. The van der Waals surface area contributed by atoms with Crippen molar-refractivity contribution >= 4 is 17.6 Å². The van der Waals surface area contributed by atoms with Crippen LogP contribution < -0.4 is 11.1 Å². The molecule has 3 amide bonds. The fourth-order valence-corrected chi connectivity index (χ4v) is 2.08. The van der Waals surface area contributed by atoms with E-state index in [4.69, 9.17) is 5.73 Å². The van der Waals surface area contributed by atoms with Crippen molar-refractivity contribution in [2.24, 2.45) is 11.1 Å². The van der Waals surface area contributed by atoms with Crippen LogP contribution in [0, 0.1) is 5.41 Å². The predicted octanol–water partition coefficient (Wildman–Crippen LogP) is 1.83. The quantitative estimate of drug-likeness (QED) is 0.879. The molecule has 6 heteroatoms. The van der Waals surface area contributed by atoms with Gasteiger partial charge < -0.3 is 16.0 Å². The summed E-state index contributed by atoms with van der Waals surface area (Å²) in [6.45, 7) is 4.24. The van der Waals surface area contributed by atoms with Crippen LogP contribution in [0.25, 0.3) is 0 Å². The Labute approximate surface area is 118 Å². The molecule has 0 spiro atoms. The van der Waals surface area contributed by atoms with E-state index in [-0.39, 0.29) is 23.2 Å². The number of carbonyl (C=O) groups excluding carboxylic acids is 2. The normalized spacial score (nSPS) is 17.1. The summed E-state index contributed by atoms with van der Waals surface area (Å²) in [6, 6.07) is 3.10. The van der Waals surface area contributed by atoms with Gasteiger partial charge >= 0.3 is 6.03 Å². The fraction of sp³-hybridized carbons (Fsp3) is 0.500. The van der Waals surface area contributed by atoms with Crippen LogP contribution in [-0.4, -0.2) is 34.9 Å². The van der Waals surface area contributed by atoms with Crippen molar-refractivity contribution in [1.29, 1.82) is 0 Å². The van der Waals surface area contributed by atoms with E-state index in [1.54, 1.807) is 18.0 Å². The van der Waals surface area contributed by atoms with Gasteiger partial charge in [-0.05, 0) is 37.3 Å². The highest BCUT2D eigenvalue weighted by Crippen LogP contribution is 2.49. The molecular weight excluding hydrogens is 256 g/mol. The number of hydrogen-bond donors (Lipinski definition) is 2. The van der Waals surface area contributed by atoms with Crippen LogP contribution in [0.1, 0.15) is 37.2 Å². The van der Waals surface area contributed by atoms with E-state index in [0.29, 0.717) is 5.69 Å². The SMILES string of the molecule is CC(N(C)C(=O)Nc1ccc(C(N)=O)nc1)C1(C)CC1. The Morgan fingerprint density at radius 2 is 2.10 bits per heavy atom. The first kappa shape index (κ1) is 14.3. The average molecular weight is 276 g/mol. The summed E-state index contributed by atoms with van der Waals surface area (Å²) in [5.41, 5.74) is 6.06. The first-order valence-corrected chi connectivity index (χ1v) is 6.63. The highest BCUT2D eigenvalue weighted by Gasteiger charge is 2.45. The Hall–Kier alpha value is -2.11. The lowest BCUT2D eigenvalue weighted by molar-refractivity contribution is 0.0995. The first-order valence-electron chi connectivity index (χ1n) is 6.63. The van der Waals surface area contributed by atoms with Gasteiger partial charge in [-0.2, -0.15) is 0 Å². The maximum atomic E-state index is 12.1. The third kappa shape index (κ3) is 2.89. The molecule has 1 fully saturated rings. The Morgan fingerprint density at radius 1 is 1.45 bits per heavy atom. The van der Waals surface area contributed by atoms with Gasteiger partial charge in [0.15, 0.2) is 0 Å². The van der Waals surface area contributed by atoms with Crippen LogP contribution in [-0.2, 0) is 0 Å². The summed E-state index contributed by atoms with van der Waals surface area (Å²) in [5, 5.41) is 2.76. The molecule has 3 N–H and O–H groups in total. The Balaban J connectivity index is 1.98. The molecule has 108 valence electrons. The second kappa shape index (κ2) is 5.11. The Bertz CT molecular complexity index is 522. The van der Waals surface area contributed by atoms with Crippen LogP contribution in [0.3, 0.4) is 0 Å². The summed E-state index contributed by atoms with van der Waals surface area (Å²) in [6.07, 6.45) is 3.73. The molecule has 1 aliphatic carbocycles. The van der Waals surface area contributed by atoms with Crippen LogP contribution in [0.15, 0.2) is 18.3 Å². The molecule has 0 saturated heterocycles. The number of nitrogens with two attached hydrogens (primary N) is 1. The molecule has 0 bridgehead atoms. The van der Waals surface area contributed by atoms with Gasteiger partial charge in [-0.3, -0.25) is 4.79 Å². The van der Waals surface area contributed by atoms with Crippen molar-refractivity contribution in [3.05, 3.63) is 24.0 Å². The average Bonchev–Trinajstić information content (AvgIpc) is 3.17. The van der Waals surface area contributed by atoms with Gasteiger partial charge in [0.2, 0.25) is 0 Å². The van der Waals surface area contributed by atoms with Crippen molar-refractivity contribution in [3.8, 4) is 0 Å². The molecule has 0 radical (unpaired) electrons. The predicted molar refractivity (Wildman–Crippen MR) is 76.3 cm³/mol. The molecule has 1 aromatic heterocycles. The number of nitrogens with zero attached hydrogens (tertiary/aromatic N) is 2. The van der Waals surface area contributed by atoms with Crippen LogP contribution in [0.2, 0.25) is 0 Å². The van der Waals surface area contributed by atoms with Crippen molar-refractivity contribution in [2.45, 2.75) is 32.7 Å². The second-order valence-electron chi connectivity index (χ2n) is 5.67. The van der Waals surface area contributed by atoms with E-state index < -0.39 is 5.91 Å². The van der Waals surface area contributed by atoms with Crippen molar-refractivity contribution in [3.63, 3.8) is 0 Å². The summed E-state index contributed by atoms with van der Waals surface area (Å²) < 4.78 is 0. The van der Waals surface area contributed by atoms with Crippen molar-refractivity contribution < 1.29 is 9.59 Å². The number of anilines is 1. The minimum absolute atomic E-state index is 0.176. The molecule has 1 aromatic rings. The Kier molecular flexibility index (Phi) is 3.65. The maximum absolute atomic E-state index is 12.1. The van der Waals surface area contributed by atoms with Gasteiger partial charge in [-0.15, -0.1) is 0 Å². The number of aromatic nitrogens is 1. The molecule has 0 aliphatic heterocycles. The maximum Gasteiger partial charge on any atom is 0.321 e. The number of carbonyl (C=O) groups is 2. The lowest BCUT2D eigenvalue weighted by atomic mass is 10.00. The van der Waals surface area contributed by atoms with Crippen LogP contribution in [0.5, 0.6) is 0 Å². The molecule has 1 aliphatic rings. The van der Waals surface area contributed by atoms with E-state index in [2.05, 4.69) is 24.1 Å². The molecule has 1 unspecified atom stereocenters. The largest absolute Gasteiger partial charge is 0.364 e. The van der Waals surface area contributed by atoms with Gasteiger partial charge in [-0.25, -0.2) is 9.78 Å². The number of hydrogen-bond acceptors (Lipinski definition) is 3. The molecule has 1 heterocycles. The number of nitrogens with one attached hydrogen (secondary N) is 1. The molecule has 0 aromatic carbocycles. The van der Waals surface area contributed by atoms with E-state index in [1.165, 1.54) is 12.3 Å². The molecule has 1 saturated carbocycles. The summed E-state index contributed by atoms with van der Waals surface area (Å²) in [5.74, 6) is -0.588. The zero-order chi connectivity index (χ0) is 14.9. The number of rotatable bonds is 4. The summed E-state index contributed by atoms with van der Waals surface area (Å²) in [7, 11) is 1.79. The minimum atomic E-state index is -0.588. The number of pyridine rings is 1. The van der Waals surface area contributed by atoms with Crippen molar-refractivity contribution in [2.75, 3.05) is 12.4 Å². The zero-order valence-corrected chi connectivity index (χ0v) is 12.0. The summed E-state index contributed by atoms with van der Waals surface area (Å²) in [4.78, 5) is 28.6. The second-order valence-corrected chi connectivity index (χ2v) is 5.67. The van der Waals surface area contributed by atoms with Gasteiger partial charge in [0.05, 0.1) is 11.9 Å². The number of primary amides is 1. The van der Waals surface area contributed by atoms with E-state index in [9.17, 15) is 9.59 Å². The highest BCUT2D eigenvalue weighted by molar-refractivity contribution is 5.92. The molecule has 1 atom stereocenters. The topological polar surface area (TPSA) is 88.3 Å². The highest BCUT2D eigenvalue weighted by atomic mass is 16.2. The summed E-state index contributed by atoms with van der Waals surface area (Å²) >= 11 is 0. The zero-order valence-electron chi connectivity index (χ0n) is 12.0. The van der Waals surface area contributed by atoms with E-state index in [0.717, 1.165) is 12.8 Å². The smallest absolute Gasteiger partial charge is 0.321 e. The monoisotopic (exact) mass is 276 g/mol. The van der Waals surface area contributed by atoms with Gasteiger partial charge in [0, 0.05) is 13.1 Å². The molecule has 2 rings (SSSR count). The first-order chi connectivity index (χ1) is 9.33. The van der Waals surface area contributed by atoms with E-state index in [1.807, 2.05) is 0 Å². The van der Waals surface area contributed by atoms with Crippen LogP contribution >= 0.6 is 0 Å². The third-order valence-corrected chi connectivity index (χ3v) is 4.22. The fourth-order valence-electron chi connectivity index (χ4n) is 2.08. The van der Waals surface area contributed by atoms with Crippen molar-refractivity contribution in [1.82, 2.24) is 9.88 Å². The molecule has 6 nitrogen and oxygen atoms in total. The lowest BCUT2D eigenvalue weighted by Gasteiger charge is -2.30. The number of amides is 3. The van der Waals surface area contributed by atoms with Gasteiger partial charge in [0.1, 0.15) is 5.69 Å². The number of urea groups is 1. The minimum Gasteiger partial charge on any atom is -0.364 e. The lowest BCUT2D eigenvalue weighted by Crippen LogP contribution is -2.42.